The van der Waals surface area contributed by atoms with Crippen molar-refractivity contribution in [2.75, 3.05) is 0 Å². The molecule has 0 nitrogen and oxygen atoms in total. The van der Waals surface area contributed by atoms with Gasteiger partial charge in [0.1, 0.15) is 4.84 Å². The fraction of sp³-hybridized carbons (Fsp3) is 0.750. The first-order valence-corrected chi connectivity index (χ1v) is 4.57. The summed E-state index contributed by atoms with van der Waals surface area (Å²) in [5.74, 6) is 0. The molecule has 0 saturated heterocycles. The topological polar surface area (TPSA) is 0 Å². The number of unbranched alkanes of at least 4 members (excludes halogenated alkanes) is 1. The van der Waals surface area contributed by atoms with Crippen LogP contribution < -0.4 is 0 Å². The molecular formula is C8H14Cl2. The zero-order valence-electron chi connectivity index (χ0n) is 6.32. The number of hydrogen-bond donors (Lipinski definition) is 0. The molecule has 0 unspecified atom stereocenters. The van der Waals surface area contributed by atoms with Crippen molar-refractivity contribution < 1.29 is 0 Å². The molecule has 0 saturated carbocycles. The van der Waals surface area contributed by atoms with Crippen LogP contribution in [0.25, 0.3) is 0 Å². The van der Waals surface area contributed by atoms with Gasteiger partial charge in [-0.3, -0.25) is 0 Å². The van der Waals surface area contributed by atoms with Crippen LogP contribution in [0.2, 0.25) is 0 Å². The maximum atomic E-state index is 5.52. The zero-order chi connectivity index (χ0) is 7.82. The molecule has 0 aliphatic carbocycles. The van der Waals surface area contributed by atoms with E-state index in [2.05, 4.69) is 19.1 Å². The predicted molar refractivity (Wildman–Crippen MR) is 48.8 cm³/mol. The van der Waals surface area contributed by atoms with Crippen molar-refractivity contribution in [3.63, 3.8) is 0 Å². The smallest absolute Gasteiger partial charge is 0.105 e. The van der Waals surface area contributed by atoms with E-state index < -0.39 is 0 Å². The third-order valence-corrected chi connectivity index (χ3v) is 1.61. The van der Waals surface area contributed by atoms with Crippen LogP contribution in [0.3, 0.4) is 0 Å². The van der Waals surface area contributed by atoms with Crippen molar-refractivity contribution >= 4 is 23.2 Å². The van der Waals surface area contributed by atoms with Gasteiger partial charge in [-0.2, -0.15) is 0 Å². The minimum atomic E-state index is -0.203. The molecule has 0 aliphatic heterocycles. The molecule has 10 heavy (non-hydrogen) atoms. The van der Waals surface area contributed by atoms with E-state index in [0.717, 1.165) is 19.3 Å². The van der Waals surface area contributed by atoms with E-state index in [1.165, 1.54) is 6.42 Å². The molecule has 0 aromatic rings. The van der Waals surface area contributed by atoms with Gasteiger partial charge in [-0.15, -0.1) is 23.2 Å². The molecule has 0 heterocycles. The lowest BCUT2D eigenvalue weighted by Gasteiger charge is -1.93. The summed E-state index contributed by atoms with van der Waals surface area (Å²) in [5, 5.41) is 0. The fourth-order valence-corrected chi connectivity index (χ4v) is 0.877. The first kappa shape index (κ1) is 10.3. The molecule has 0 atom stereocenters. The maximum absolute atomic E-state index is 5.52. The first-order valence-electron chi connectivity index (χ1n) is 3.70. The highest BCUT2D eigenvalue weighted by Crippen LogP contribution is 2.09. The summed E-state index contributed by atoms with van der Waals surface area (Å²) >= 11 is 11.0. The Bertz CT molecular complexity index is 87.3. The predicted octanol–water partition coefficient (Wildman–Crippen LogP) is 3.93. The number of halogens is 2. The minimum absolute atomic E-state index is 0.203. The Morgan fingerprint density at radius 1 is 1.20 bits per heavy atom. The standard InChI is InChI=1S/C8H14Cl2/c1-2-3-4-5-6-7-8(9)10/h4-5,8H,2-3,6-7H2,1H3/b5-4+. The molecule has 0 rings (SSSR count). The summed E-state index contributed by atoms with van der Waals surface area (Å²) in [6.07, 6.45) is 8.55. The summed E-state index contributed by atoms with van der Waals surface area (Å²) in [6, 6.07) is 0. The van der Waals surface area contributed by atoms with Crippen molar-refractivity contribution in [2.24, 2.45) is 0 Å². The Hall–Kier alpha value is 0.320. The zero-order valence-corrected chi connectivity index (χ0v) is 7.83. The van der Waals surface area contributed by atoms with Crippen molar-refractivity contribution in [1.82, 2.24) is 0 Å². The molecule has 0 bridgehead atoms. The second-order valence-electron chi connectivity index (χ2n) is 2.23. The number of alkyl halides is 2. The van der Waals surface area contributed by atoms with Gasteiger partial charge in [-0.05, 0) is 19.3 Å². The van der Waals surface area contributed by atoms with E-state index in [9.17, 15) is 0 Å². The van der Waals surface area contributed by atoms with Crippen LogP contribution in [0.4, 0.5) is 0 Å². The molecule has 0 radical (unpaired) electrons. The van der Waals surface area contributed by atoms with Crippen LogP contribution in [0, 0.1) is 0 Å². The lowest BCUT2D eigenvalue weighted by atomic mass is 10.2. The molecule has 0 aromatic heterocycles. The monoisotopic (exact) mass is 180 g/mol. The largest absolute Gasteiger partial charge is 0.108 e. The quantitative estimate of drug-likeness (QED) is 0.445. The fourth-order valence-electron chi connectivity index (χ4n) is 0.625. The highest BCUT2D eigenvalue weighted by molar-refractivity contribution is 6.44. The van der Waals surface area contributed by atoms with Crippen LogP contribution in [0.5, 0.6) is 0 Å². The van der Waals surface area contributed by atoms with E-state index >= 15 is 0 Å². The lowest BCUT2D eigenvalue weighted by molar-refractivity contribution is 0.903. The third kappa shape index (κ3) is 8.32. The number of allylic oxidation sites excluding steroid dienone is 2. The SMILES string of the molecule is CCC/C=C/CCC(Cl)Cl. The van der Waals surface area contributed by atoms with Crippen molar-refractivity contribution in [3.05, 3.63) is 12.2 Å². The van der Waals surface area contributed by atoms with Gasteiger partial charge in [-0.1, -0.05) is 25.5 Å². The molecule has 0 fully saturated rings. The third-order valence-electron chi connectivity index (χ3n) is 1.17. The molecule has 0 N–H and O–H groups in total. The Kier molecular flexibility index (Phi) is 7.66. The summed E-state index contributed by atoms with van der Waals surface area (Å²) < 4.78 is 0. The van der Waals surface area contributed by atoms with Crippen molar-refractivity contribution in [3.8, 4) is 0 Å². The second kappa shape index (κ2) is 7.43. The van der Waals surface area contributed by atoms with Crippen molar-refractivity contribution in [2.45, 2.75) is 37.4 Å². The Morgan fingerprint density at radius 3 is 2.30 bits per heavy atom. The lowest BCUT2D eigenvalue weighted by Crippen LogP contribution is -1.82. The Morgan fingerprint density at radius 2 is 1.80 bits per heavy atom. The van der Waals surface area contributed by atoms with Crippen LogP contribution >= 0.6 is 23.2 Å². The molecular weight excluding hydrogens is 167 g/mol. The first-order chi connectivity index (χ1) is 4.77. The average Bonchev–Trinajstić information content (AvgIpc) is 1.87. The molecule has 0 aromatic carbocycles. The van der Waals surface area contributed by atoms with Crippen LogP contribution in [0.1, 0.15) is 32.6 Å². The van der Waals surface area contributed by atoms with Gasteiger partial charge in [0.25, 0.3) is 0 Å². The average molecular weight is 181 g/mol. The summed E-state index contributed by atoms with van der Waals surface area (Å²) in [4.78, 5) is -0.203. The van der Waals surface area contributed by atoms with Crippen LogP contribution in [-0.2, 0) is 0 Å². The molecule has 0 spiro atoms. The van der Waals surface area contributed by atoms with Gasteiger partial charge < -0.3 is 0 Å². The summed E-state index contributed by atoms with van der Waals surface area (Å²) in [7, 11) is 0. The normalized spacial score (nSPS) is 11.6. The summed E-state index contributed by atoms with van der Waals surface area (Å²) in [5.41, 5.74) is 0. The molecule has 60 valence electrons. The summed E-state index contributed by atoms with van der Waals surface area (Å²) in [6.45, 7) is 2.16. The molecule has 2 heteroatoms. The number of hydrogen-bond acceptors (Lipinski definition) is 0. The van der Waals surface area contributed by atoms with Crippen molar-refractivity contribution in [1.29, 1.82) is 0 Å². The van der Waals surface area contributed by atoms with Crippen LogP contribution in [-0.4, -0.2) is 4.84 Å². The van der Waals surface area contributed by atoms with E-state index in [0.29, 0.717) is 0 Å². The van der Waals surface area contributed by atoms with E-state index in [-0.39, 0.29) is 4.84 Å². The van der Waals surface area contributed by atoms with Gasteiger partial charge in [0, 0.05) is 0 Å². The minimum Gasteiger partial charge on any atom is -0.105 e. The Labute approximate surface area is 73.2 Å². The highest BCUT2D eigenvalue weighted by atomic mass is 35.5. The second-order valence-corrected chi connectivity index (χ2v) is 3.51. The van der Waals surface area contributed by atoms with Gasteiger partial charge in [0.2, 0.25) is 0 Å². The Balaban J connectivity index is 3.02. The van der Waals surface area contributed by atoms with E-state index in [1.807, 2.05) is 0 Å². The maximum Gasteiger partial charge on any atom is 0.108 e. The van der Waals surface area contributed by atoms with E-state index in [4.69, 9.17) is 23.2 Å². The molecule has 0 amide bonds. The van der Waals surface area contributed by atoms with Gasteiger partial charge in [0.15, 0.2) is 0 Å². The van der Waals surface area contributed by atoms with Gasteiger partial charge >= 0.3 is 0 Å². The highest BCUT2D eigenvalue weighted by Gasteiger charge is 1.93. The molecule has 0 aliphatic rings. The number of rotatable bonds is 5. The van der Waals surface area contributed by atoms with E-state index in [1.54, 1.807) is 0 Å². The van der Waals surface area contributed by atoms with Gasteiger partial charge in [-0.25, -0.2) is 0 Å². The van der Waals surface area contributed by atoms with Crippen LogP contribution in [0.15, 0.2) is 12.2 Å². The van der Waals surface area contributed by atoms with Gasteiger partial charge in [0.05, 0.1) is 0 Å².